The van der Waals surface area contributed by atoms with Crippen molar-refractivity contribution in [2.45, 2.75) is 33.2 Å². The van der Waals surface area contributed by atoms with E-state index in [0.717, 1.165) is 19.5 Å². The summed E-state index contributed by atoms with van der Waals surface area (Å²) in [6, 6.07) is 0.267. The van der Waals surface area contributed by atoms with Gasteiger partial charge in [0.1, 0.15) is 0 Å². The molecule has 0 radical (unpaired) electrons. The molecule has 0 aliphatic carbocycles. The van der Waals surface area contributed by atoms with Gasteiger partial charge in [-0.25, -0.2) is 4.79 Å². The molecule has 0 unspecified atom stereocenters. The third-order valence-electron chi connectivity index (χ3n) is 2.92. The summed E-state index contributed by atoms with van der Waals surface area (Å²) in [5.74, 6) is 1.01. The SMILES string of the molecule is CC(C)COC(=O)N(C)[C@H]1CNC[C@H](C)C1. The molecule has 0 saturated carbocycles. The highest BCUT2D eigenvalue weighted by Crippen LogP contribution is 2.15. The van der Waals surface area contributed by atoms with Crippen molar-refractivity contribution in [1.29, 1.82) is 0 Å². The predicted molar refractivity (Wildman–Crippen MR) is 64.4 cm³/mol. The number of rotatable bonds is 3. The fourth-order valence-corrected chi connectivity index (χ4v) is 1.91. The van der Waals surface area contributed by atoms with Crippen LogP contribution in [0.4, 0.5) is 4.79 Å². The monoisotopic (exact) mass is 228 g/mol. The molecule has 1 rings (SSSR count). The van der Waals surface area contributed by atoms with Crippen molar-refractivity contribution >= 4 is 6.09 Å². The molecule has 1 heterocycles. The van der Waals surface area contributed by atoms with E-state index in [4.69, 9.17) is 4.74 Å². The summed E-state index contributed by atoms with van der Waals surface area (Å²) < 4.78 is 5.21. The van der Waals surface area contributed by atoms with Gasteiger partial charge in [0, 0.05) is 19.6 Å². The Hall–Kier alpha value is -0.770. The zero-order chi connectivity index (χ0) is 12.1. The van der Waals surface area contributed by atoms with E-state index < -0.39 is 0 Å². The minimum atomic E-state index is -0.199. The molecular formula is C12H24N2O2. The van der Waals surface area contributed by atoms with E-state index in [-0.39, 0.29) is 12.1 Å². The Morgan fingerprint density at radius 2 is 2.19 bits per heavy atom. The quantitative estimate of drug-likeness (QED) is 0.799. The highest BCUT2D eigenvalue weighted by atomic mass is 16.6. The van der Waals surface area contributed by atoms with Gasteiger partial charge in [0.25, 0.3) is 0 Å². The third kappa shape index (κ3) is 4.00. The van der Waals surface area contributed by atoms with Gasteiger partial charge in [-0.15, -0.1) is 0 Å². The molecular weight excluding hydrogens is 204 g/mol. The van der Waals surface area contributed by atoms with E-state index in [2.05, 4.69) is 12.2 Å². The smallest absolute Gasteiger partial charge is 0.409 e. The van der Waals surface area contributed by atoms with Gasteiger partial charge in [-0.05, 0) is 24.8 Å². The first-order chi connectivity index (χ1) is 7.50. The first kappa shape index (κ1) is 13.3. The number of hydrogen-bond donors (Lipinski definition) is 1. The van der Waals surface area contributed by atoms with Crippen LogP contribution in [0.1, 0.15) is 27.2 Å². The summed E-state index contributed by atoms with van der Waals surface area (Å²) in [4.78, 5) is 13.5. The van der Waals surface area contributed by atoms with Crippen LogP contribution in [0.25, 0.3) is 0 Å². The molecule has 4 heteroatoms. The van der Waals surface area contributed by atoms with Gasteiger partial charge in [0.05, 0.1) is 6.61 Å². The number of amides is 1. The van der Waals surface area contributed by atoms with Crippen LogP contribution in [0.3, 0.4) is 0 Å². The molecule has 1 aliphatic rings. The van der Waals surface area contributed by atoms with Crippen LogP contribution in [0.5, 0.6) is 0 Å². The van der Waals surface area contributed by atoms with Crippen molar-refractivity contribution in [2.75, 3.05) is 26.7 Å². The minimum absolute atomic E-state index is 0.199. The molecule has 94 valence electrons. The Labute approximate surface area is 98.3 Å². The molecule has 1 amide bonds. The summed E-state index contributed by atoms with van der Waals surface area (Å²) in [7, 11) is 1.83. The average molecular weight is 228 g/mol. The second-order valence-electron chi connectivity index (χ2n) is 5.23. The first-order valence-corrected chi connectivity index (χ1v) is 6.11. The number of carbonyl (C=O) groups is 1. The number of nitrogens with zero attached hydrogens (tertiary/aromatic N) is 1. The lowest BCUT2D eigenvalue weighted by Gasteiger charge is -2.34. The molecule has 0 spiro atoms. The van der Waals surface area contributed by atoms with Gasteiger partial charge in [-0.2, -0.15) is 0 Å². The summed E-state index contributed by atoms with van der Waals surface area (Å²) in [5.41, 5.74) is 0. The minimum Gasteiger partial charge on any atom is -0.449 e. The number of hydrogen-bond acceptors (Lipinski definition) is 3. The molecule has 0 bridgehead atoms. The van der Waals surface area contributed by atoms with Crippen LogP contribution in [-0.2, 0) is 4.74 Å². The molecule has 0 aromatic heterocycles. The third-order valence-corrected chi connectivity index (χ3v) is 2.92. The van der Waals surface area contributed by atoms with E-state index in [9.17, 15) is 4.79 Å². The van der Waals surface area contributed by atoms with Crippen LogP contribution in [-0.4, -0.2) is 43.8 Å². The van der Waals surface area contributed by atoms with Crippen molar-refractivity contribution in [3.8, 4) is 0 Å². The molecule has 1 aliphatic heterocycles. The fraction of sp³-hybridized carbons (Fsp3) is 0.917. The van der Waals surface area contributed by atoms with Gasteiger partial charge < -0.3 is 15.0 Å². The van der Waals surface area contributed by atoms with Crippen LogP contribution >= 0.6 is 0 Å². The lowest BCUT2D eigenvalue weighted by Crippen LogP contribution is -2.49. The Morgan fingerprint density at radius 3 is 2.75 bits per heavy atom. The largest absolute Gasteiger partial charge is 0.449 e. The standard InChI is InChI=1S/C12H24N2O2/c1-9(2)8-16-12(15)14(4)11-5-10(3)6-13-7-11/h9-11,13H,5-8H2,1-4H3/t10-,11-/m1/s1. The summed E-state index contributed by atoms with van der Waals surface area (Å²) in [5, 5.41) is 3.34. The molecule has 0 aromatic rings. The zero-order valence-electron chi connectivity index (χ0n) is 10.8. The van der Waals surface area contributed by atoms with E-state index in [0.29, 0.717) is 18.4 Å². The summed E-state index contributed by atoms with van der Waals surface area (Å²) in [6.07, 6.45) is 0.856. The molecule has 1 N–H and O–H groups in total. The van der Waals surface area contributed by atoms with E-state index >= 15 is 0 Å². The van der Waals surface area contributed by atoms with Crippen LogP contribution in [0, 0.1) is 11.8 Å². The molecule has 1 saturated heterocycles. The van der Waals surface area contributed by atoms with Gasteiger partial charge in [0.2, 0.25) is 0 Å². The maximum atomic E-state index is 11.7. The van der Waals surface area contributed by atoms with Crippen molar-refractivity contribution in [2.24, 2.45) is 11.8 Å². The van der Waals surface area contributed by atoms with Crippen molar-refractivity contribution in [3.63, 3.8) is 0 Å². The number of likely N-dealkylation sites (N-methyl/N-ethyl adjacent to an activating group) is 1. The zero-order valence-corrected chi connectivity index (χ0v) is 10.8. The number of ether oxygens (including phenoxy) is 1. The van der Waals surface area contributed by atoms with Gasteiger partial charge >= 0.3 is 6.09 Å². The Morgan fingerprint density at radius 1 is 1.50 bits per heavy atom. The number of carbonyl (C=O) groups excluding carboxylic acids is 1. The van der Waals surface area contributed by atoms with E-state index in [1.165, 1.54) is 0 Å². The maximum absolute atomic E-state index is 11.7. The Kier molecular flexibility index (Phi) is 5.06. The molecule has 16 heavy (non-hydrogen) atoms. The Bertz CT molecular complexity index is 231. The number of nitrogens with one attached hydrogen (secondary N) is 1. The second kappa shape index (κ2) is 6.09. The molecule has 4 nitrogen and oxygen atoms in total. The van der Waals surface area contributed by atoms with Crippen molar-refractivity contribution < 1.29 is 9.53 Å². The summed E-state index contributed by atoms with van der Waals surface area (Å²) in [6.45, 7) is 8.70. The van der Waals surface area contributed by atoms with Crippen molar-refractivity contribution in [1.82, 2.24) is 10.2 Å². The van der Waals surface area contributed by atoms with Gasteiger partial charge in [0.15, 0.2) is 0 Å². The van der Waals surface area contributed by atoms with Gasteiger partial charge in [-0.1, -0.05) is 20.8 Å². The highest BCUT2D eigenvalue weighted by Gasteiger charge is 2.25. The Balaban J connectivity index is 2.37. The van der Waals surface area contributed by atoms with Crippen LogP contribution < -0.4 is 5.32 Å². The lowest BCUT2D eigenvalue weighted by molar-refractivity contribution is 0.0785. The predicted octanol–water partition coefficient (Wildman–Crippen LogP) is 1.71. The first-order valence-electron chi connectivity index (χ1n) is 6.11. The maximum Gasteiger partial charge on any atom is 0.409 e. The van der Waals surface area contributed by atoms with Crippen LogP contribution in [0.15, 0.2) is 0 Å². The normalized spacial score (nSPS) is 25.6. The number of piperidine rings is 1. The lowest BCUT2D eigenvalue weighted by atomic mass is 9.97. The molecule has 2 atom stereocenters. The molecule has 0 aromatic carbocycles. The average Bonchev–Trinajstić information content (AvgIpc) is 2.24. The fourth-order valence-electron chi connectivity index (χ4n) is 1.91. The van der Waals surface area contributed by atoms with E-state index in [1.807, 2.05) is 20.9 Å². The van der Waals surface area contributed by atoms with Gasteiger partial charge in [-0.3, -0.25) is 0 Å². The van der Waals surface area contributed by atoms with Crippen molar-refractivity contribution in [3.05, 3.63) is 0 Å². The molecule has 1 fully saturated rings. The van der Waals surface area contributed by atoms with E-state index in [1.54, 1.807) is 4.90 Å². The summed E-state index contributed by atoms with van der Waals surface area (Å²) >= 11 is 0. The second-order valence-corrected chi connectivity index (χ2v) is 5.23. The highest BCUT2D eigenvalue weighted by molar-refractivity contribution is 5.67. The van der Waals surface area contributed by atoms with Crippen LogP contribution in [0.2, 0.25) is 0 Å². The topological polar surface area (TPSA) is 41.6 Å².